The van der Waals surface area contributed by atoms with Gasteiger partial charge in [-0.15, -0.1) is 45.3 Å². The van der Waals surface area contributed by atoms with Crippen LogP contribution < -0.4 is 0 Å². The highest BCUT2D eigenvalue weighted by Gasteiger charge is 2.19. The minimum Gasteiger partial charge on any atom is -0.481 e. The van der Waals surface area contributed by atoms with E-state index < -0.39 is 11.9 Å². The number of carboxylic acid groups (broad SMARTS) is 2. The van der Waals surface area contributed by atoms with E-state index in [0.29, 0.717) is 10.4 Å². The Morgan fingerprint density at radius 3 is 2.10 bits per heavy atom. The molecule has 30 heavy (non-hydrogen) atoms. The molecule has 4 rings (SSSR count). The van der Waals surface area contributed by atoms with E-state index in [0.717, 1.165) is 34.8 Å². The predicted octanol–water partition coefficient (Wildman–Crippen LogP) is 6.64. The third-order valence-electron chi connectivity index (χ3n) is 4.39. The Morgan fingerprint density at radius 2 is 1.47 bits per heavy atom. The standard InChI is InChI=1S/C21H15FO4S4/c1-10-13(22)9-17(28-10)16-6-12(8-19(25)26)21(30-16)15-3-2-14(29-15)20-11(4-5-27-20)7-18(23)24/h2-6,9H,7-8H2,1H3,(H,23,24)(H,25,26). The molecule has 4 heterocycles. The zero-order valence-electron chi connectivity index (χ0n) is 15.6. The second-order valence-corrected chi connectivity index (χ2v) is 10.9. The van der Waals surface area contributed by atoms with Gasteiger partial charge in [0.15, 0.2) is 0 Å². The van der Waals surface area contributed by atoms with E-state index >= 15 is 0 Å². The summed E-state index contributed by atoms with van der Waals surface area (Å²) in [5.74, 6) is -2.06. The highest BCUT2D eigenvalue weighted by molar-refractivity contribution is 7.28. The quantitative estimate of drug-likeness (QED) is 0.312. The van der Waals surface area contributed by atoms with Crippen molar-refractivity contribution >= 4 is 57.3 Å². The molecule has 0 amide bonds. The van der Waals surface area contributed by atoms with Crippen molar-refractivity contribution in [2.24, 2.45) is 0 Å². The molecule has 2 N–H and O–H groups in total. The van der Waals surface area contributed by atoms with Crippen LogP contribution >= 0.6 is 45.3 Å². The minimum atomic E-state index is -0.923. The number of aryl methyl sites for hydroxylation is 1. The maximum Gasteiger partial charge on any atom is 0.307 e. The van der Waals surface area contributed by atoms with Gasteiger partial charge in [-0.25, -0.2) is 4.39 Å². The molecule has 0 aliphatic rings. The van der Waals surface area contributed by atoms with Gasteiger partial charge in [0, 0.05) is 34.1 Å². The smallest absolute Gasteiger partial charge is 0.307 e. The van der Waals surface area contributed by atoms with E-state index in [4.69, 9.17) is 5.11 Å². The van der Waals surface area contributed by atoms with Gasteiger partial charge in [0.1, 0.15) is 5.82 Å². The van der Waals surface area contributed by atoms with Crippen LogP contribution in [0.2, 0.25) is 0 Å². The maximum absolute atomic E-state index is 13.8. The summed E-state index contributed by atoms with van der Waals surface area (Å²) >= 11 is 5.81. The van der Waals surface area contributed by atoms with Crippen molar-refractivity contribution in [3.05, 3.63) is 57.5 Å². The fourth-order valence-corrected chi connectivity index (χ4v) is 7.46. The van der Waals surface area contributed by atoms with E-state index in [1.54, 1.807) is 6.92 Å². The molecule has 0 saturated heterocycles. The van der Waals surface area contributed by atoms with Gasteiger partial charge in [-0.05, 0) is 53.8 Å². The Balaban J connectivity index is 1.74. The Labute approximate surface area is 187 Å². The van der Waals surface area contributed by atoms with Gasteiger partial charge in [0.25, 0.3) is 0 Å². The number of thiophene rings is 4. The van der Waals surface area contributed by atoms with E-state index in [1.807, 2.05) is 29.6 Å². The van der Waals surface area contributed by atoms with Crippen molar-refractivity contribution in [1.29, 1.82) is 0 Å². The van der Waals surface area contributed by atoms with E-state index in [-0.39, 0.29) is 18.7 Å². The summed E-state index contributed by atoms with van der Waals surface area (Å²) < 4.78 is 13.8. The van der Waals surface area contributed by atoms with Crippen LogP contribution in [0.3, 0.4) is 0 Å². The SMILES string of the molecule is Cc1sc(-c2cc(CC(=O)O)c(-c3ccc(-c4sccc4CC(=O)O)s3)s2)cc1F. The third-order valence-corrected chi connectivity index (χ3v) is 9.19. The first-order chi connectivity index (χ1) is 14.3. The van der Waals surface area contributed by atoms with Crippen LogP contribution in [0.25, 0.3) is 29.3 Å². The van der Waals surface area contributed by atoms with Gasteiger partial charge < -0.3 is 10.2 Å². The lowest BCUT2D eigenvalue weighted by Gasteiger charge is -1.99. The molecule has 0 radical (unpaired) electrons. The summed E-state index contributed by atoms with van der Waals surface area (Å²) in [6, 6.07) is 9.02. The molecule has 0 bridgehead atoms. The molecule has 0 aliphatic heterocycles. The van der Waals surface area contributed by atoms with Crippen molar-refractivity contribution in [3.8, 4) is 29.3 Å². The zero-order valence-corrected chi connectivity index (χ0v) is 18.9. The Morgan fingerprint density at radius 1 is 0.833 bits per heavy atom. The topological polar surface area (TPSA) is 74.6 Å². The Hall–Kier alpha value is -2.33. The molecule has 9 heteroatoms. The van der Waals surface area contributed by atoms with Crippen LogP contribution in [0, 0.1) is 12.7 Å². The van der Waals surface area contributed by atoms with Gasteiger partial charge in [-0.1, -0.05) is 0 Å². The average molecular weight is 479 g/mol. The Bertz CT molecular complexity index is 1220. The lowest BCUT2D eigenvalue weighted by atomic mass is 10.1. The van der Waals surface area contributed by atoms with E-state index in [2.05, 4.69) is 0 Å². The molecule has 0 saturated carbocycles. The van der Waals surface area contributed by atoms with Crippen molar-refractivity contribution in [3.63, 3.8) is 0 Å². The summed E-state index contributed by atoms with van der Waals surface area (Å²) in [6.45, 7) is 1.72. The highest BCUT2D eigenvalue weighted by Crippen LogP contribution is 2.46. The normalized spacial score (nSPS) is 11.1. The van der Waals surface area contributed by atoms with Gasteiger partial charge >= 0.3 is 11.9 Å². The lowest BCUT2D eigenvalue weighted by molar-refractivity contribution is -0.137. The first-order valence-electron chi connectivity index (χ1n) is 8.81. The van der Waals surface area contributed by atoms with Crippen LogP contribution in [-0.4, -0.2) is 22.2 Å². The largest absolute Gasteiger partial charge is 0.481 e. The number of aliphatic carboxylic acids is 2. The molecule has 0 fully saturated rings. The molecular weight excluding hydrogens is 463 g/mol. The van der Waals surface area contributed by atoms with Crippen molar-refractivity contribution in [2.75, 3.05) is 0 Å². The van der Waals surface area contributed by atoms with E-state index in [1.165, 1.54) is 51.4 Å². The number of carboxylic acids is 2. The number of carbonyl (C=O) groups is 2. The molecule has 0 unspecified atom stereocenters. The first-order valence-corrected chi connectivity index (χ1v) is 12.1. The van der Waals surface area contributed by atoms with Crippen LogP contribution in [0.1, 0.15) is 16.0 Å². The molecule has 4 nitrogen and oxygen atoms in total. The number of hydrogen-bond acceptors (Lipinski definition) is 6. The molecule has 0 spiro atoms. The van der Waals surface area contributed by atoms with Crippen LogP contribution in [-0.2, 0) is 22.4 Å². The van der Waals surface area contributed by atoms with Crippen molar-refractivity contribution < 1.29 is 24.2 Å². The molecule has 0 atom stereocenters. The van der Waals surface area contributed by atoms with Crippen LogP contribution in [0.5, 0.6) is 0 Å². The molecule has 0 aromatic carbocycles. The number of hydrogen-bond donors (Lipinski definition) is 2. The van der Waals surface area contributed by atoms with Crippen molar-refractivity contribution in [2.45, 2.75) is 19.8 Å². The molecular formula is C21H15FO4S4. The fraction of sp³-hybridized carbons (Fsp3) is 0.143. The number of rotatable bonds is 7. The van der Waals surface area contributed by atoms with Gasteiger partial charge in [0.05, 0.1) is 12.8 Å². The molecule has 4 aromatic heterocycles. The molecule has 154 valence electrons. The molecule has 0 aliphatic carbocycles. The first kappa shape index (κ1) is 20.9. The third kappa shape index (κ3) is 4.24. The minimum absolute atomic E-state index is 0.0389. The second kappa shape index (κ2) is 8.43. The Kier molecular flexibility index (Phi) is 5.88. The van der Waals surface area contributed by atoms with E-state index in [9.17, 15) is 19.1 Å². The summed E-state index contributed by atoms with van der Waals surface area (Å²) in [7, 11) is 0. The van der Waals surface area contributed by atoms with Gasteiger partial charge in [0.2, 0.25) is 0 Å². The second-order valence-electron chi connectivity index (χ2n) is 6.56. The fourth-order valence-electron chi connectivity index (χ4n) is 3.07. The maximum atomic E-state index is 13.8. The van der Waals surface area contributed by atoms with Crippen molar-refractivity contribution in [1.82, 2.24) is 0 Å². The van der Waals surface area contributed by atoms with Crippen LogP contribution in [0.15, 0.2) is 35.7 Å². The predicted molar refractivity (Wildman–Crippen MR) is 122 cm³/mol. The number of halogens is 1. The highest BCUT2D eigenvalue weighted by atomic mass is 32.1. The lowest BCUT2D eigenvalue weighted by Crippen LogP contribution is -1.99. The van der Waals surface area contributed by atoms with Gasteiger partial charge in [-0.2, -0.15) is 0 Å². The summed E-state index contributed by atoms with van der Waals surface area (Å²) in [6.07, 6.45) is -0.155. The monoisotopic (exact) mass is 478 g/mol. The zero-order chi connectivity index (χ0) is 21.4. The van der Waals surface area contributed by atoms with Crippen LogP contribution in [0.4, 0.5) is 4.39 Å². The summed E-state index contributed by atoms with van der Waals surface area (Å²) in [5, 5.41) is 20.3. The summed E-state index contributed by atoms with van der Waals surface area (Å²) in [4.78, 5) is 28.4. The summed E-state index contributed by atoms with van der Waals surface area (Å²) in [5.41, 5.74) is 1.46. The van der Waals surface area contributed by atoms with Gasteiger partial charge in [-0.3, -0.25) is 9.59 Å². The molecule has 4 aromatic rings. The average Bonchev–Trinajstić information content (AvgIpc) is 3.42.